The smallest absolute Gasteiger partial charge is 0.222 e. The highest BCUT2D eigenvalue weighted by molar-refractivity contribution is 7.08. The van der Waals surface area contributed by atoms with Crippen LogP contribution in [0.2, 0.25) is 0 Å². The maximum absolute atomic E-state index is 11.6. The summed E-state index contributed by atoms with van der Waals surface area (Å²) in [6, 6.07) is 2.03. The average molecular weight is 322 g/mol. The van der Waals surface area contributed by atoms with Gasteiger partial charge in [0.15, 0.2) is 0 Å². The van der Waals surface area contributed by atoms with Crippen LogP contribution in [0.3, 0.4) is 0 Å². The number of aromatic nitrogens is 3. The Balaban J connectivity index is 1.57. The van der Waals surface area contributed by atoms with Crippen molar-refractivity contribution in [1.82, 2.24) is 20.3 Å². The Labute approximate surface area is 132 Å². The van der Waals surface area contributed by atoms with Gasteiger partial charge < -0.3 is 14.8 Å². The van der Waals surface area contributed by atoms with Crippen LogP contribution in [0.15, 0.2) is 16.8 Å². The second-order valence-corrected chi connectivity index (χ2v) is 5.84. The van der Waals surface area contributed by atoms with Gasteiger partial charge in [-0.3, -0.25) is 4.79 Å². The highest BCUT2D eigenvalue weighted by Crippen LogP contribution is 2.26. The van der Waals surface area contributed by atoms with Gasteiger partial charge >= 0.3 is 0 Å². The minimum absolute atomic E-state index is 0.0335. The van der Waals surface area contributed by atoms with Gasteiger partial charge in [0.25, 0.3) is 0 Å². The number of nitrogens with zero attached hydrogens (tertiary/aromatic N) is 3. The first-order valence-corrected chi connectivity index (χ1v) is 8.04. The van der Waals surface area contributed by atoms with E-state index in [0.29, 0.717) is 32.7 Å². The Morgan fingerprint density at radius 3 is 3.32 bits per heavy atom. The molecule has 1 aliphatic heterocycles. The van der Waals surface area contributed by atoms with Crippen molar-refractivity contribution >= 4 is 17.2 Å². The lowest BCUT2D eigenvalue weighted by Gasteiger charge is -2.24. The fraction of sp³-hybridized carbons (Fsp3) is 0.500. The standard InChI is InChI=1S/C14H18N4O3S/c1-20-4-2-13(19)15-6-11-7-18-12(8-21-11)14(16-17-18)10-3-5-22-9-10/h3,5,9,11H,2,4,6-8H2,1H3,(H,15,19)/t11-/m1/s1. The number of thiophene rings is 1. The van der Waals surface area contributed by atoms with Crippen molar-refractivity contribution in [2.45, 2.75) is 25.7 Å². The van der Waals surface area contributed by atoms with Crippen LogP contribution in [0.4, 0.5) is 0 Å². The number of hydrogen-bond donors (Lipinski definition) is 1. The average Bonchev–Trinajstić information content (AvgIpc) is 3.19. The zero-order valence-corrected chi connectivity index (χ0v) is 13.1. The zero-order valence-electron chi connectivity index (χ0n) is 12.3. The number of nitrogens with one attached hydrogen (secondary N) is 1. The predicted octanol–water partition coefficient (Wildman–Crippen LogP) is 1.06. The number of methoxy groups -OCH3 is 1. The van der Waals surface area contributed by atoms with Gasteiger partial charge in [-0.05, 0) is 11.4 Å². The zero-order chi connectivity index (χ0) is 15.4. The quantitative estimate of drug-likeness (QED) is 0.860. The van der Waals surface area contributed by atoms with Crippen LogP contribution in [0.25, 0.3) is 11.3 Å². The second-order valence-electron chi connectivity index (χ2n) is 5.06. The number of carbonyl (C=O) groups is 1. The van der Waals surface area contributed by atoms with Crippen LogP contribution in [0, 0.1) is 0 Å². The summed E-state index contributed by atoms with van der Waals surface area (Å²) in [5.74, 6) is -0.0335. The molecular formula is C14H18N4O3S. The molecule has 2 aromatic rings. The van der Waals surface area contributed by atoms with Gasteiger partial charge in [-0.15, -0.1) is 5.10 Å². The first-order valence-electron chi connectivity index (χ1n) is 7.10. The van der Waals surface area contributed by atoms with E-state index >= 15 is 0 Å². The molecule has 7 nitrogen and oxygen atoms in total. The van der Waals surface area contributed by atoms with Gasteiger partial charge in [0.05, 0.1) is 31.6 Å². The number of hydrogen-bond acceptors (Lipinski definition) is 6. The summed E-state index contributed by atoms with van der Waals surface area (Å²) in [5.41, 5.74) is 2.94. The minimum atomic E-state index is -0.0870. The lowest BCUT2D eigenvalue weighted by molar-refractivity contribution is -0.123. The summed E-state index contributed by atoms with van der Waals surface area (Å²) in [5, 5.41) is 15.4. The van der Waals surface area contributed by atoms with Crippen molar-refractivity contribution in [2.75, 3.05) is 20.3 Å². The molecule has 1 amide bonds. The normalized spacial score (nSPS) is 17.2. The van der Waals surface area contributed by atoms with Gasteiger partial charge in [0, 0.05) is 31.0 Å². The molecule has 3 heterocycles. The Morgan fingerprint density at radius 2 is 2.55 bits per heavy atom. The van der Waals surface area contributed by atoms with Crippen LogP contribution in [-0.2, 0) is 27.4 Å². The second kappa shape index (κ2) is 6.99. The molecule has 1 atom stereocenters. The van der Waals surface area contributed by atoms with Crippen molar-refractivity contribution < 1.29 is 14.3 Å². The number of carbonyl (C=O) groups excluding carboxylic acids is 1. The summed E-state index contributed by atoms with van der Waals surface area (Å²) in [6.07, 6.45) is 0.274. The number of ether oxygens (including phenoxy) is 2. The molecular weight excluding hydrogens is 304 g/mol. The summed E-state index contributed by atoms with van der Waals surface area (Å²) in [4.78, 5) is 11.6. The molecule has 0 radical (unpaired) electrons. The van der Waals surface area contributed by atoms with Crippen molar-refractivity contribution in [3.63, 3.8) is 0 Å². The molecule has 1 N–H and O–H groups in total. The van der Waals surface area contributed by atoms with E-state index in [4.69, 9.17) is 9.47 Å². The van der Waals surface area contributed by atoms with E-state index < -0.39 is 0 Å². The lowest BCUT2D eigenvalue weighted by Crippen LogP contribution is -2.39. The SMILES string of the molecule is COCCC(=O)NC[C@@H]1Cn2nnc(-c3ccsc3)c2CO1. The topological polar surface area (TPSA) is 78.3 Å². The maximum Gasteiger partial charge on any atom is 0.222 e. The molecule has 0 saturated heterocycles. The molecule has 8 heteroatoms. The van der Waals surface area contributed by atoms with E-state index in [9.17, 15) is 4.79 Å². The van der Waals surface area contributed by atoms with Crippen molar-refractivity contribution in [3.8, 4) is 11.3 Å². The summed E-state index contributed by atoms with van der Waals surface area (Å²) >= 11 is 1.63. The van der Waals surface area contributed by atoms with Crippen LogP contribution in [-0.4, -0.2) is 47.3 Å². The third-order valence-corrected chi connectivity index (χ3v) is 4.21. The first-order chi connectivity index (χ1) is 10.8. The Morgan fingerprint density at radius 1 is 1.64 bits per heavy atom. The highest BCUT2D eigenvalue weighted by Gasteiger charge is 2.24. The molecule has 0 aliphatic carbocycles. The molecule has 0 fully saturated rings. The summed E-state index contributed by atoms with van der Waals surface area (Å²) in [7, 11) is 1.58. The summed E-state index contributed by atoms with van der Waals surface area (Å²) in [6.45, 7) is 1.94. The van der Waals surface area contributed by atoms with Crippen molar-refractivity contribution in [3.05, 3.63) is 22.5 Å². The lowest BCUT2D eigenvalue weighted by atomic mass is 10.2. The Bertz CT molecular complexity index is 626. The van der Waals surface area contributed by atoms with E-state index in [1.807, 2.05) is 21.5 Å². The predicted molar refractivity (Wildman–Crippen MR) is 81.4 cm³/mol. The van der Waals surface area contributed by atoms with Gasteiger partial charge in [-0.1, -0.05) is 5.21 Å². The van der Waals surface area contributed by atoms with E-state index in [1.54, 1.807) is 18.4 Å². The fourth-order valence-corrected chi connectivity index (χ4v) is 2.96. The molecule has 0 spiro atoms. The van der Waals surface area contributed by atoms with Crippen LogP contribution >= 0.6 is 11.3 Å². The monoisotopic (exact) mass is 322 g/mol. The summed E-state index contributed by atoms with van der Waals surface area (Å²) < 4.78 is 12.6. The van der Waals surface area contributed by atoms with Gasteiger partial charge in [-0.25, -0.2) is 4.68 Å². The molecule has 0 aromatic carbocycles. The third-order valence-electron chi connectivity index (χ3n) is 3.52. The molecule has 1 aliphatic rings. The molecule has 2 aromatic heterocycles. The maximum atomic E-state index is 11.6. The molecule has 0 saturated carbocycles. The Kier molecular flexibility index (Phi) is 4.81. The highest BCUT2D eigenvalue weighted by atomic mass is 32.1. The van der Waals surface area contributed by atoms with Crippen molar-refractivity contribution in [2.24, 2.45) is 0 Å². The van der Waals surface area contributed by atoms with Gasteiger partial charge in [-0.2, -0.15) is 11.3 Å². The van der Waals surface area contributed by atoms with E-state index in [0.717, 1.165) is 17.0 Å². The van der Waals surface area contributed by atoms with Crippen molar-refractivity contribution in [1.29, 1.82) is 0 Å². The number of rotatable bonds is 6. The van der Waals surface area contributed by atoms with Crippen LogP contribution in [0.5, 0.6) is 0 Å². The number of fused-ring (bicyclic) bond motifs is 1. The minimum Gasteiger partial charge on any atom is -0.384 e. The molecule has 0 bridgehead atoms. The fourth-order valence-electron chi connectivity index (χ4n) is 2.32. The van der Waals surface area contributed by atoms with Gasteiger partial charge in [0.2, 0.25) is 5.91 Å². The van der Waals surface area contributed by atoms with E-state index in [-0.39, 0.29) is 12.0 Å². The molecule has 118 valence electrons. The number of amides is 1. The van der Waals surface area contributed by atoms with E-state index in [2.05, 4.69) is 15.6 Å². The molecule has 3 rings (SSSR count). The van der Waals surface area contributed by atoms with Crippen LogP contribution < -0.4 is 5.32 Å². The first kappa shape index (κ1) is 15.1. The van der Waals surface area contributed by atoms with Crippen LogP contribution in [0.1, 0.15) is 12.1 Å². The molecule has 22 heavy (non-hydrogen) atoms. The Hall–Kier alpha value is -1.77. The third kappa shape index (κ3) is 3.34. The largest absolute Gasteiger partial charge is 0.384 e. The van der Waals surface area contributed by atoms with E-state index in [1.165, 1.54) is 0 Å². The molecule has 0 unspecified atom stereocenters. The van der Waals surface area contributed by atoms with Gasteiger partial charge in [0.1, 0.15) is 5.69 Å².